The second-order valence-corrected chi connectivity index (χ2v) is 3.97. The minimum absolute atomic E-state index is 0.458. The summed E-state index contributed by atoms with van der Waals surface area (Å²) in [5.41, 5.74) is 7.46. The van der Waals surface area contributed by atoms with E-state index < -0.39 is 6.10 Å². The highest BCUT2D eigenvalue weighted by atomic mass is 79.9. The molecule has 0 saturated carbocycles. The van der Waals surface area contributed by atoms with Crippen molar-refractivity contribution in [1.29, 1.82) is 0 Å². The Balaban J connectivity index is 2.88. The quantitative estimate of drug-likeness (QED) is 0.855. The van der Waals surface area contributed by atoms with Crippen LogP contribution in [0.3, 0.4) is 0 Å². The smallest absolute Gasteiger partial charge is 0.0813 e. The molecule has 1 aromatic carbocycles. The first kappa shape index (κ1) is 10.7. The van der Waals surface area contributed by atoms with E-state index in [0.717, 1.165) is 10.0 Å². The highest BCUT2D eigenvalue weighted by Gasteiger charge is 2.09. The van der Waals surface area contributed by atoms with Crippen LogP contribution in [-0.2, 0) is 0 Å². The average molecular weight is 244 g/mol. The van der Waals surface area contributed by atoms with Gasteiger partial charge in [0.15, 0.2) is 0 Å². The summed E-state index contributed by atoms with van der Waals surface area (Å²) in [6.07, 6.45) is 0.141. The summed E-state index contributed by atoms with van der Waals surface area (Å²) in [7, 11) is 0. The number of aliphatic hydroxyl groups is 1. The number of aliphatic hydroxyl groups excluding tert-OH is 1. The lowest BCUT2D eigenvalue weighted by molar-refractivity contribution is 0.169. The van der Waals surface area contributed by atoms with Crippen LogP contribution in [0.25, 0.3) is 0 Å². The molecule has 0 aromatic heterocycles. The van der Waals surface area contributed by atoms with Gasteiger partial charge >= 0.3 is 0 Å². The van der Waals surface area contributed by atoms with E-state index in [2.05, 4.69) is 15.9 Å². The topological polar surface area (TPSA) is 46.2 Å². The molecule has 0 saturated heterocycles. The summed E-state index contributed by atoms with van der Waals surface area (Å²) in [4.78, 5) is 0. The van der Waals surface area contributed by atoms with Crippen LogP contribution < -0.4 is 5.73 Å². The fraction of sp³-hybridized carbons (Fsp3) is 0.400. The monoisotopic (exact) mass is 243 g/mol. The van der Waals surface area contributed by atoms with Crippen LogP contribution in [0.5, 0.6) is 0 Å². The molecule has 0 spiro atoms. The van der Waals surface area contributed by atoms with Gasteiger partial charge in [-0.15, -0.1) is 0 Å². The molecule has 3 heteroatoms. The molecule has 0 aliphatic carbocycles. The Morgan fingerprint density at radius 3 is 2.77 bits per heavy atom. The van der Waals surface area contributed by atoms with Crippen LogP contribution in [0.15, 0.2) is 22.7 Å². The second kappa shape index (κ2) is 4.74. The lowest BCUT2D eigenvalue weighted by atomic mass is 10.1. The van der Waals surface area contributed by atoms with Gasteiger partial charge in [-0.2, -0.15) is 0 Å². The SMILES string of the molecule is Cc1ccc([C@H](O)CCN)c(Br)c1. The Hall–Kier alpha value is -0.380. The van der Waals surface area contributed by atoms with Crippen molar-refractivity contribution in [2.45, 2.75) is 19.4 Å². The molecule has 0 amide bonds. The molecular weight excluding hydrogens is 230 g/mol. The zero-order valence-electron chi connectivity index (χ0n) is 7.63. The van der Waals surface area contributed by atoms with Crippen LogP contribution in [0.2, 0.25) is 0 Å². The summed E-state index contributed by atoms with van der Waals surface area (Å²) in [6.45, 7) is 2.52. The lowest BCUT2D eigenvalue weighted by Crippen LogP contribution is -2.07. The number of nitrogens with two attached hydrogens (primary N) is 1. The normalized spacial score (nSPS) is 12.9. The van der Waals surface area contributed by atoms with E-state index in [-0.39, 0.29) is 0 Å². The molecule has 0 aliphatic heterocycles. The molecule has 0 unspecified atom stereocenters. The van der Waals surface area contributed by atoms with Gasteiger partial charge in [0.1, 0.15) is 0 Å². The van der Waals surface area contributed by atoms with Gasteiger partial charge in [0.25, 0.3) is 0 Å². The molecule has 2 nitrogen and oxygen atoms in total. The van der Waals surface area contributed by atoms with Gasteiger partial charge in [0.05, 0.1) is 6.10 Å². The zero-order chi connectivity index (χ0) is 9.84. The maximum absolute atomic E-state index is 9.68. The third-order valence-electron chi connectivity index (χ3n) is 1.96. The first-order chi connectivity index (χ1) is 6.15. The summed E-state index contributed by atoms with van der Waals surface area (Å²) >= 11 is 3.42. The van der Waals surface area contributed by atoms with Gasteiger partial charge < -0.3 is 10.8 Å². The van der Waals surface area contributed by atoms with Crippen molar-refractivity contribution in [2.75, 3.05) is 6.54 Å². The van der Waals surface area contributed by atoms with E-state index in [9.17, 15) is 5.11 Å². The predicted molar refractivity (Wildman–Crippen MR) is 57.5 cm³/mol. The largest absolute Gasteiger partial charge is 0.388 e. The van der Waals surface area contributed by atoms with E-state index in [0.29, 0.717) is 13.0 Å². The number of benzene rings is 1. The third-order valence-corrected chi connectivity index (χ3v) is 2.64. The lowest BCUT2D eigenvalue weighted by Gasteiger charge is -2.11. The number of halogens is 1. The van der Waals surface area contributed by atoms with Gasteiger partial charge in [-0.05, 0) is 37.1 Å². The van der Waals surface area contributed by atoms with Crippen molar-refractivity contribution < 1.29 is 5.11 Å². The van der Waals surface area contributed by atoms with E-state index in [1.807, 2.05) is 25.1 Å². The predicted octanol–water partition coefficient (Wildman–Crippen LogP) is 2.14. The van der Waals surface area contributed by atoms with Crippen molar-refractivity contribution in [3.05, 3.63) is 33.8 Å². The highest BCUT2D eigenvalue weighted by molar-refractivity contribution is 9.10. The maximum atomic E-state index is 9.68. The first-order valence-electron chi connectivity index (χ1n) is 4.29. The second-order valence-electron chi connectivity index (χ2n) is 3.12. The van der Waals surface area contributed by atoms with Crippen LogP contribution in [-0.4, -0.2) is 11.7 Å². The minimum Gasteiger partial charge on any atom is -0.388 e. The number of hydrogen-bond acceptors (Lipinski definition) is 2. The summed E-state index contributed by atoms with van der Waals surface area (Å²) in [5.74, 6) is 0. The van der Waals surface area contributed by atoms with Crippen LogP contribution in [0, 0.1) is 6.92 Å². The average Bonchev–Trinajstić information content (AvgIpc) is 2.04. The molecule has 0 bridgehead atoms. The van der Waals surface area contributed by atoms with Crippen LogP contribution in [0.4, 0.5) is 0 Å². The van der Waals surface area contributed by atoms with Crippen molar-refractivity contribution >= 4 is 15.9 Å². The van der Waals surface area contributed by atoms with Gasteiger partial charge in [-0.3, -0.25) is 0 Å². The first-order valence-corrected chi connectivity index (χ1v) is 5.08. The van der Waals surface area contributed by atoms with Crippen molar-refractivity contribution in [2.24, 2.45) is 5.73 Å². The molecule has 0 aliphatic rings. The number of rotatable bonds is 3. The van der Waals surface area contributed by atoms with Crippen LogP contribution >= 0.6 is 15.9 Å². The van der Waals surface area contributed by atoms with Gasteiger partial charge in [0.2, 0.25) is 0 Å². The molecule has 1 atom stereocenters. The Morgan fingerprint density at radius 1 is 1.54 bits per heavy atom. The highest BCUT2D eigenvalue weighted by Crippen LogP contribution is 2.25. The van der Waals surface area contributed by atoms with E-state index in [1.165, 1.54) is 5.56 Å². The number of aryl methyl sites for hydroxylation is 1. The van der Waals surface area contributed by atoms with E-state index in [1.54, 1.807) is 0 Å². The maximum Gasteiger partial charge on any atom is 0.0813 e. The fourth-order valence-electron chi connectivity index (χ4n) is 1.22. The Bertz CT molecular complexity index is 288. The van der Waals surface area contributed by atoms with Gasteiger partial charge in [-0.25, -0.2) is 0 Å². The zero-order valence-corrected chi connectivity index (χ0v) is 9.21. The molecule has 72 valence electrons. The molecule has 0 radical (unpaired) electrons. The standard InChI is InChI=1S/C10H14BrNO/c1-7-2-3-8(9(11)6-7)10(13)4-5-12/h2-3,6,10,13H,4-5,12H2,1H3/t10-/m1/s1. The Morgan fingerprint density at radius 2 is 2.23 bits per heavy atom. The fourth-order valence-corrected chi connectivity index (χ4v) is 1.97. The molecule has 1 rings (SSSR count). The van der Waals surface area contributed by atoms with Gasteiger partial charge in [0, 0.05) is 4.47 Å². The molecule has 13 heavy (non-hydrogen) atoms. The molecule has 0 heterocycles. The van der Waals surface area contributed by atoms with Crippen molar-refractivity contribution in [1.82, 2.24) is 0 Å². The van der Waals surface area contributed by atoms with Gasteiger partial charge in [-0.1, -0.05) is 28.1 Å². The molecular formula is C10H14BrNO. The molecule has 1 aromatic rings. The minimum atomic E-state index is -0.458. The Kier molecular flexibility index (Phi) is 3.90. The van der Waals surface area contributed by atoms with E-state index >= 15 is 0 Å². The summed E-state index contributed by atoms with van der Waals surface area (Å²) in [5, 5.41) is 9.68. The van der Waals surface area contributed by atoms with E-state index in [4.69, 9.17) is 5.73 Å². The number of hydrogen-bond donors (Lipinski definition) is 2. The van der Waals surface area contributed by atoms with Crippen molar-refractivity contribution in [3.8, 4) is 0 Å². The molecule has 3 N–H and O–H groups in total. The third kappa shape index (κ3) is 2.79. The summed E-state index contributed by atoms with van der Waals surface area (Å²) < 4.78 is 0.952. The van der Waals surface area contributed by atoms with Crippen LogP contribution in [0.1, 0.15) is 23.7 Å². The summed E-state index contributed by atoms with van der Waals surface area (Å²) in [6, 6.07) is 5.91. The Labute approximate surface area is 86.9 Å². The van der Waals surface area contributed by atoms with Crippen molar-refractivity contribution in [3.63, 3.8) is 0 Å². The molecule has 0 fully saturated rings.